The van der Waals surface area contributed by atoms with Crippen LogP contribution in [-0.4, -0.2) is 36.3 Å². The predicted octanol–water partition coefficient (Wildman–Crippen LogP) is 1.39. The molecule has 1 aliphatic heterocycles. The highest BCUT2D eigenvalue weighted by atomic mass is 16.5. The summed E-state index contributed by atoms with van der Waals surface area (Å²) in [5.41, 5.74) is 0. The number of nitrogens with zero attached hydrogens (tertiary/aromatic N) is 2. The number of methoxy groups -OCH3 is 1. The third kappa shape index (κ3) is 2.49. The summed E-state index contributed by atoms with van der Waals surface area (Å²) in [7, 11) is 1.62. The number of pyridine rings is 1. The second-order valence-corrected chi connectivity index (χ2v) is 4.13. The van der Waals surface area contributed by atoms with Crippen molar-refractivity contribution in [1.82, 2.24) is 4.98 Å². The first-order chi connectivity index (χ1) is 8.22. The molecule has 0 spiro atoms. The van der Waals surface area contributed by atoms with Crippen molar-refractivity contribution in [2.45, 2.75) is 12.8 Å². The molecule has 17 heavy (non-hydrogen) atoms. The van der Waals surface area contributed by atoms with Crippen LogP contribution in [-0.2, 0) is 4.79 Å². The standard InChI is InChI=1S/C12H16N2O3/c1-17-10-3-2-6-13-11(10)14-7-4-9(5-8-14)12(15)16/h2-3,6,9H,4-5,7-8H2,1H3,(H,15,16). The van der Waals surface area contributed by atoms with Gasteiger partial charge < -0.3 is 14.7 Å². The van der Waals surface area contributed by atoms with Gasteiger partial charge >= 0.3 is 5.97 Å². The van der Waals surface area contributed by atoms with Crippen molar-refractivity contribution in [1.29, 1.82) is 0 Å². The topological polar surface area (TPSA) is 62.7 Å². The number of piperidine rings is 1. The molecule has 1 aliphatic rings. The van der Waals surface area contributed by atoms with Crippen LogP contribution in [0.1, 0.15) is 12.8 Å². The van der Waals surface area contributed by atoms with Crippen LogP contribution in [0.5, 0.6) is 5.75 Å². The molecule has 92 valence electrons. The number of carboxylic acid groups (broad SMARTS) is 1. The molecule has 0 atom stereocenters. The molecular weight excluding hydrogens is 220 g/mol. The fraction of sp³-hybridized carbons (Fsp3) is 0.500. The summed E-state index contributed by atoms with van der Waals surface area (Å²) in [4.78, 5) is 17.2. The van der Waals surface area contributed by atoms with Crippen molar-refractivity contribution in [3.05, 3.63) is 18.3 Å². The fourth-order valence-electron chi connectivity index (χ4n) is 2.12. The van der Waals surface area contributed by atoms with Gasteiger partial charge in [-0.2, -0.15) is 0 Å². The molecule has 1 N–H and O–H groups in total. The molecular formula is C12H16N2O3. The minimum Gasteiger partial charge on any atom is -0.493 e. The normalized spacial score (nSPS) is 16.9. The highest BCUT2D eigenvalue weighted by molar-refractivity contribution is 5.70. The van der Waals surface area contributed by atoms with Crippen molar-refractivity contribution in [3.8, 4) is 5.75 Å². The van der Waals surface area contributed by atoms with Crippen LogP contribution >= 0.6 is 0 Å². The van der Waals surface area contributed by atoms with Gasteiger partial charge in [0.05, 0.1) is 13.0 Å². The van der Waals surface area contributed by atoms with Crippen LogP contribution < -0.4 is 9.64 Å². The van der Waals surface area contributed by atoms with E-state index in [9.17, 15) is 4.79 Å². The number of hydrogen-bond donors (Lipinski definition) is 1. The van der Waals surface area contributed by atoms with Gasteiger partial charge in [-0.3, -0.25) is 4.79 Å². The molecule has 0 amide bonds. The average Bonchev–Trinajstić information content (AvgIpc) is 2.39. The number of anilines is 1. The second kappa shape index (κ2) is 5.03. The number of carboxylic acids is 1. The molecule has 0 saturated carbocycles. The molecule has 0 aliphatic carbocycles. The zero-order valence-corrected chi connectivity index (χ0v) is 9.80. The van der Waals surface area contributed by atoms with Crippen LogP contribution in [0, 0.1) is 5.92 Å². The second-order valence-electron chi connectivity index (χ2n) is 4.13. The highest BCUT2D eigenvalue weighted by Gasteiger charge is 2.26. The maximum absolute atomic E-state index is 10.9. The number of rotatable bonds is 3. The lowest BCUT2D eigenvalue weighted by molar-refractivity contribution is -0.142. The van der Waals surface area contributed by atoms with E-state index in [4.69, 9.17) is 9.84 Å². The van der Waals surface area contributed by atoms with Gasteiger partial charge in [0.2, 0.25) is 0 Å². The Balaban J connectivity index is 2.07. The summed E-state index contributed by atoms with van der Waals surface area (Å²) in [6.07, 6.45) is 3.05. The summed E-state index contributed by atoms with van der Waals surface area (Å²) in [5, 5.41) is 8.94. The van der Waals surface area contributed by atoms with Gasteiger partial charge in [-0.1, -0.05) is 0 Å². The largest absolute Gasteiger partial charge is 0.493 e. The molecule has 1 aromatic heterocycles. The van der Waals surface area contributed by atoms with E-state index < -0.39 is 5.97 Å². The lowest BCUT2D eigenvalue weighted by Crippen LogP contribution is -2.36. The zero-order valence-electron chi connectivity index (χ0n) is 9.80. The molecule has 1 aromatic rings. The summed E-state index contributed by atoms with van der Waals surface area (Å²) in [6, 6.07) is 3.69. The molecule has 0 radical (unpaired) electrons. The fourth-order valence-corrected chi connectivity index (χ4v) is 2.12. The minimum atomic E-state index is -0.697. The first-order valence-electron chi connectivity index (χ1n) is 5.69. The lowest BCUT2D eigenvalue weighted by Gasteiger charge is -2.31. The van der Waals surface area contributed by atoms with Gasteiger partial charge in [-0.25, -0.2) is 4.98 Å². The maximum Gasteiger partial charge on any atom is 0.306 e. The molecule has 2 rings (SSSR count). The van der Waals surface area contributed by atoms with Crippen LogP contribution in [0.4, 0.5) is 5.82 Å². The van der Waals surface area contributed by atoms with Crippen LogP contribution in [0.3, 0.4) is 0 Å². The highest BCUT2D eigenvalue weighted by Crippen LogP contribution is 2.28. The van der Waals surface area contributed by atoms with Crippen molar-refractivity contribution in [2.75, 3.05) is 25.1 Å². The Morgan fingerprint density at radius 2 is 2.24 bits per heavy atom. The van der Waals surface area contributed by atoms with E-state index in [1.807, 2.05) is 12.1 Å². The van der Waals surface area contributed by atoms with E-state index in [2.05, 4.69) is 9.88 Å². The number of hydrogen-bond acceptors (Lipinski definition) is 4. The van der Waals surface area contributed by atoms with Crippen LogP contribution in [0.15, 0.2) is 18.3 Å². The van der Waals surface area contributed by atoms with Gasteiger partial charge in [0.15, 0.2) is 11.6 Å². The van der Waals surface area contributed by atoms with E-state index >= 15 is 0 Å². The van der Waals surface area contributed by atoms with E-state index in [1.165, 1.54) is 0 Å². The van der Waals surface area contributed by atoms with Crippen molar-refractivity contribution in [2.24, 2.45) is 5.92 Å². The molecule has 5 nitrogen and oxygen atoms in total. The molecule has 0 unspecified atom stereocenters. The first kappa shape index (κ1) is 11.7. The first-order valence-corrected chi connectivity index (χ1v) is 5.69. The van der Waals surface area contributed by atoms with E-state index in [0.29, 0.717) is 25.9 Å². The molecule has 1 fully saturated rings. The number of carbonyl (C=O) groups is 1. The van der Waals surface area contributed by atoms with Gasteiger partial charge in [-0.05, 0) is 25.0 Å². The molecule has 5 heteroatoms. The number of aliphatic carboxylic acids is 1. The van der Waals surface area contributed by atoms with E-state index in [0.717, 1.165) is 11.6 Å². The Kier molecular flexibility index (Phi) is 3.46. The van der Waals surface area contributed by atoms with E-state index in [1.54, 1.807) is 13.3 Å². The van der Waals surface area contributed by atoms with Crippen molar-refractivity contribution < 1.29 is 14.6 Å². The third-order valence-corrected chi connectivity index (χ3v) is 3.11. The van der Waals surface area contributed by atoms with Gasteiger partial charge in [0.25, 0.3) is 0 Å². The Morgan fingerprint density at radius 1 is 1.53 bits per heavy atom. The number of aromatic nitrogens is 1. The Bertz CT molecular complexity index is 400. The van der Waals surface area contributed by atoms with Crippen molar-refractivity contribution in [3.63, 3.8) is 0 Å². The number of ether oxygens (including phenoxy) is 1. The summed E-state index contributed by atoms with van der Waals surface area (Å²) in [5.74, 6) is 0.624. The summed E-state index contributed by atoms with van der Waals surface area (Å²) in [6.45, 7) is 1.43. The van der Waals surface area contributed by atoms with Gasteiger partial charge in [0, 0.05) is 19.3 Å². The van der Waals surface area contributed by atoms with Crippen molar-refractivity contribution >= 4 is 11.8 Å². The summed E-state index contributed by atoms with van der Waals surface area (Å²) >= 11 is 0. The lowest BCUT2D eigenvalue weighted by atomic mass is 9.97. The third-order valence-electron chi connectivity index (χ3n) is 3.11. The Labute approximate surface area is 100 Å². The maximum atomic E-state index is 10.9. The average molecular weight is 236 g/mol. The molecule has 1 saturated heterocycles. The zero-order chi connectivity index (χ0) is 12.3. The monoisotopic (exact) mass is 236 g/mol. The molecule has 2 heterocycles. The minimum absolute atomic E-state index is 0.221. The predicted molar refractivity (Wildman–Crippen MR) is 63.4 cm³/mol. The summed E-state index contributed by atoms with van der Waals surface area (Å²) < 4.78 is 5.25. The Hall–Kier alpha value is -1.78. The molecule has 0 bridgehead atoms. The van der Waals surface area contributed by atoms with Crippen LogP contribution in [0.25, 0.3) is 0 Å². The molecule has 0 aromatic carbocycles. The Morgan fingerprint density at radius 3 is 2.82 bits per heavy atom. The van der Waals surface area contributed by atoms with Crippen LogP contribution in [0.2, 0.25) is 0 Å². The van der Waals surface area contributed by atoms with Gasteiger partial charge in [0.1, 0.15) is 0 Å². The SMILES string of the molecule is COc1cccnc1N1CCC(C(=O)O)CC1. The smallest absolute Gasteiger partial charge is 0.306 e. The van der Waals surface area contributed by atoms with Gasteiger partial charge in [-0.15, -0.1) is 0 Å². The van der Waals surface area contributed by atoms with E-state index in [-0.39, 0.29) is 5.92 Å². The quantitative estimate of drug-likeness (QED) is 0.859.